The van der Waals surface area contributed by atoms with Crippen LogP contribution in [0, 0.1) is 5.41 Å². The Hall–Kier alpha value is -0.630. The highest BCUT2D eigenvalue weighted by Gasteiger charge is 2.24. The molecule has 0 spiro atoms. The molecule has 1 aromatic heterocycles. The fourth-order valence-corrected chi connectivity index (χ4v) is 1.46. The Balaban J connectivity index is 3.09. The van der Waals surface area contributed by atoms with Crippen LogP contribution >= 0.6 is 11.6 Å². The fourth-order valence-electron chi connectivity index (χ4n) is 1.25. The molecule has 0 aliphatic carbocycles. The van der Waals surface area contributed by atoms with Crippen LogP contribution in [0.3, 0.4) is 0 Å². The highest BCUT2D eigenvalue weighted by atomic mass is 35.5. The molecule has 1 heterocycles. The Morgan fingerprint density at radius 1 is 1.33 bits per heavy atom. The molecule has 0 aliphatic heterocycles. The first kappa shape index (κ1) is 12.4. The van der Waals surface area contributed by atoms with Crippen molar-refractivity contribution >= 4 is 11.6 Å². The van der Waals surface area contributed by atoms with Crippen LogP contribution in [0.5, 0.6) is 0 Å². The third-order valence-corrected chi connectivity index (χ3v) is 3.01. The summed E-state index contributed by atoms with van der Waals surface area (Å²) in [7, 11) is 0. The molecule has 1 rings (SSSR count). The van der Waals surface area contributed by atoms with Crippen molar-refractivity contribution in [1.29, 1.82) is 0 Å². The molecule has 0 aromatic carbocycles. The van der Waals surface area contributed by atoms with Gasteiger partial charge in [-0.2, -0.15) is 0 Å². The van der Waals surface area contributed by atoms with Gasteiger partial charge >= 0.3 is 0 Å². The number of aryl methyl sites for hydroxylation is 1. The van der Waals surface area contributed by atoms with Crippen molar-refractivity contribution in [2.45, 2.75) is 47.0 Å². The maximum Gasteiger partial charge on any atom is 0.133 e. The maximum atomic E-state index is 5.97. The van der Waals surface area contributed by atoms with Gasteiger partial charge in [-0.15, -0.1) is 0 Å². The first-order valence-corrected chi connectivity index (χ1v) is 5.75. The molecule has 0 saturated carbocycles. The van der Waals surface area contributed by atoms with Crippen molar-refractivity contribution in [2.24, 2.45) is 5.41 Å². The van der Waals surface area contributed by atoms with E-state index in [1.807, 2.05) is 6.07 Å². The summed E-state index contributed by atoms with van der Waals surface area (Å²) in [4.78, 5) is 8.83. The minimum absolute atomic E-state index is 0.162. The van der Waals surface area contributed by atoms with E-state index in [-0.39, 0.29) is 5.41 Å². The Kier molecular flexibility index (Phi) is 3.72. The minimum atomic E-state index is 0.162. The lowest BCUT2D eigenvalue weighted by Gasteiger charge is -2.26. The highest BCUT2D eigenvalue weighted by molar-refractivity contribution is 6.29. The van der Waals surface area contributed by atoms with E-state index >= 15 is 0 Å². The molecule has 0 fully saturated rings. The quantitative estimate of drug-likeness (QED) is 0.716. The number of halogens is 1. The summed E-state index contributed by atoms with van der Waals surface area (Å²) in [5.74, 6) is 1.16. The molecule has 0 N–H and O–H groups in total. The number of rotatable bonds is 2. The zero-order valence-corrected chi connectivity index (χ0v) is 10.9. The molecule has 0 aliphatic rings. The maximum absolute atomic E-state index is 5.97. The van der Waals surface area contributed by atoms with Crippen molar-refractivity contribution in [3.05, 3.63) is 22.7 Å². The molecule has 1 unspecified atom stereocenters. The predicted molar refractivity (Wildman–Crippen MR) is 64.3 cm³/mol. The highest BCUT2D eigenvalue weighted by Crippen LogP contribution is 2.32. The van der Waals surface area contributed by atoms with E-state index in [0.717, 1.165) is 17.9 Å². The van der Waals surface area contributed by atoms with Gasteiger partial charge in [0.25, 0.3) is 0 Å². The van der Waals surface area contributed by atoms with E-state index in [0.29, 0.717) is 11.1 Å². The van der Waals surface area contributed by atoms with Crippen molar-refractivity contribution in [2.75, 3.05) is 0 Å². The standard InChI is InChI=1S/C12H19ClN2/c1-6-9-7-10(13)15-11(14-9)8(2)12(3,4)5/h7-8H,6H2,1-5H3. The monoisotopic (exact) mass is 226 g/mol. The second-order valence-electron chi connectivity index (χ2n) is 4.98. The second-order valence-corrected chi connectivity index (χ2v) is 5.37. The zero-order chi connectivity index (χ0) is 11.6. The molecule has 0 radical (unpaired) electrons. The number of nitrogens with zero attached hydrogens (tertiary/aromatic N) is 2. The molecule has 1 aromatic rings. The Morgan fingerprint density at radius 3 is 2.40 bits per heavy atom. The van der Waals surface area contributed by atoms with Gasteiger partial charge in [-0.25, -0.2) is 9.97 Å². The van der Waals surface area contributed by atoms with Crippen LogP contribution in [-0.4, -0.2) is 9.97 Å². The number of hydrogen-bond donors (Lipinski definition) is 0. The van der Waals surface area contributed by atoms with E-state index in [2.05, 4.69) is 44.6 Å². The third kappa shape index (κ3) is 3.16. The summed E-state index contributed by atoms with van der Waals surface area (Å²) < 4.78 is 0. The first-order valence-electron chi connectivity index (χ1n) is 5.38. The number of aromatic nitrogens is 2. The normalized spacial score (nSPS) is 14.0. The average Bonchev–Trinajstić information content (AvgIpc) is 2.14. The van der Waals surface area contributed by atoms with Gasteiger partial charge in [0.15, 0.2) is 0 Å². The molecular formula is C12H19ClN2. The van der Waals surface area contributed by atoms with Crippen molar-refractivity contribution < 1.29 is 0 Å². The lowest BCUT2D eigenvalue weighted by atomic mass is 9.81. The van der Waals surface area contributed by atoms with E-state index in [1.165, 1.54) is 0 Å². The van der Waals surface area contributed by atoms with E-state index in [4.69, 9.17) is 11.6 Å². The summed E-state index contributed by atoms with van der Waals surface area (Å²) in [6, 6.07) is 1.83. The van der Waals surface area contributed by atoms with Gasteiger partial charge in [0.2, 0.25) is 0 Å². The van der Waals surface area contributed by atoms with Gasteiger partial charge in [-0.3, -0.25) is 0 Å². The van der Waals surface area contributed by atoms with Crippen LogP contribution in [-0.2, 0) is 6.42 Å². The lowest BCUT2D eigenvalue weighted by Crippen LogP contribution is -2.18. The summed E-state index contributed by atoms with van der Waals surface area (Å²) in [6.45, 7) is 10.8. The largest absolute Gasteiger partial charge is 0.238 e. The molecule has 15 heavy (non-hydrogen) atoms. The lowest BCUT2D eigenvalue weighted by molar-refractivity contribution is 0.327. The average molecular weight is 227 g/mol. The van der Waals surface area contributed by atoms with Gasteiger partial charge in [0, 0.05) is 11.6 Å². The molecule has 2 nitrogen and oxygen atoms in total. The van der Waals surface area contributed by atoms with Crippen LogP contribution in [0.1, 0.15) is 52.1 Å². The molecule has 0 saturated heterocycles. The van der Waals surface area contributed by atoms with Crippen LogP contribution < -0.4 is 0 Å². The molecule has 1 atom stereocenters. The smallest absolute Gasteiger partial charge is 0.133 e. The molecular weight excluding hydrogens is 208 g/mol. The topological polar surface area (TPSA) is 25.8 Å². The van der Waals surface area contributed by atoms with Crippen LogP contribution in [0.25, 0.3) is 0 Å². The van der Waals surface area contributed by atoms with E-state index in [1.54, 1.807) is 0 Å². The van der Waals surface area contributed by atoms with Crippen molar-refractivity contribution in [1.82, 2.24) is 9.97 Å². The molecule has 0 amide bonds. The molecule has 3 heteroatoms. The summed E-state index contributed by atoms with van der Waals surface area (Å²) in [5, 5.41) is 0.549. The third-order valence-electron chi connectivity index (χ3n) is 2.81. The zero-order valence-electron chi connectivity index (χ0n) is 10.1. The SMILES string of the molecule is CCc1cc(Cl)nc(C(C)C(C)(C)C)n1. The Bertz CT molecular complexity index is 342. The van der Waals surface area contributed by atoms with Crippen molar-refractivity contribution in [3.8, 4) is 0 Å². The van der Waals surface area contributed by atoms with Crippen LogP contribution in [0.4, 0.5) is 0 Å². The Labute approximate surface area is 97.1 Å². The van der Waals surface area contributed by atoms with E-state index < -0.39 is 0 Å². The van der Waals surface area contributed by atoms with Gasteiger partial charge in [-0.05, 0) is 17.9 Å². The predicted octanol–water partition coefficient (Wildman–Crippen LogP) is 3.84. The molecule has 84 valence electrons. The fraction of sp³-hybridized carbons (Fsp3) is 0.667. The Morgan fingerprint density at radius 2 is 1.93 bits per heavy atom. The van der Waals surface area contributed by atoms with Gasteiger partial charge < -0.3 is 0 Å². The van der Waals surface area contributed by atoms with Gasteiger partial charge in [-0.1, -0.05) is 46.2 Å². The first-order chi connectivity index (χ1) is 6.84. The van der Waals surface area contributed by atoms with Crippen LogP contribution in [0.2, 0.25) is 5.15 Å². The van der Waals surface area contributed by atoms with Gasteiger partial charge in [0.1, 0.15) is 11.0 Å². The summed E-state index contributed by atoms with van der Waals surface area (Å²) >= 11 is 5.97. The minimum Gasteiger partial charge on any atom is -0.238 e. The van der Waals surface area contributed by atoms with Crippen LogP contribution in [0.15, 0.2) is 6.07 Å². The second kappa shape index (κ2) is 4.48. The summed E-state index contributed by atoms with van der Waals surface area (Å²) in [5.41, 5.74) is 1.18. The van der Waals surface area contributed by atoms with Gasteiger partial charge in [0.05, 0.1) is 0 Å². The van der Waals surface area contributed by atoms with Crippen molar-refractivity contribution in [3.63, 3.8) is 0 Å². The summed E-state index contributed by atoms with van der Waals surface area (Å²) in [6.07, 6.45) is 0.895. The number of hydrogen-bond acceptors (Lipinski definition) is 2. The van der Waals surface area contributed by atoms with E-state index in [9.17, 15) is 0 Å². The molecule has 0 bridgehead atoms.